The summed E-state index contributed by atoms with van der Waals surface area (Å²) in [5, 5.41) is 0.0868. The molecular weight excluding hydrogens is 223 g/mol. The van der Waals surface area contributed by atoms with Crippen molar-refractivity contribution >= 4 is 28.8 Å². The van der Waals surface area contributed by atoms with E-state index < -0.39 is 0 Å². The lowest BCUT2D eigenvalue weighted by Gasteiger charge is -2.02. The molecule has 0 unspecified atom stereocenters. The lowest BCUT2D eigenvalue weighted by atomic mass is 10.4. The number of aromatic nitrogens is 2. The number of pyridine rings is 1. The second-order valence-electron chi connectivity index (χ2n) is 2.74. The summed E-state index contributed by atoms with van der Waals surface area (Å²) in [7, 11) is 0. The summed E-state index contributed by atoms with van der Waals surface area (Å²) in [6.45, 7) is 0. The van der Waals surface area contributed by atoms with E-state index in [4.69, 9.17) is 23.2 Å². The molecule has 72 valence electrons. The van der Waals surface area contributed by atoms with Gasteiger partial charge in [-0.1, -0.05) is 17.7 Å². The second-order valence-corrected chi connectivity index (χ2v) is 3.39. The Morgan fingerprint density at radius 3 is 2.93 bits per heavy atom. The molecule has 0 amide bonds. The van der Waals surface area contributed by atoms with Crippen molar-refractivity contribution in [2.45, 2.75) is 5.88 Å². The molecule has 3 nitrogen and oxygen atoms in total. The fourth-order valence-electron chi connectivity index (χ4n) is 1.20. The second kappa shape index (κ2) is 3.59. The Kier molecular flexibility index (Phi) is 2.44. The van der Waals surface area contributed by atoms with Crippen LogP contribution in [0, 0.1) is 0 Å². The molecule has 2 heterocycles. The molecule has 5 heteroatoms. The molecule has 0 radical (unpaired) electrons. The van der Waals surface area contributed by atoms with Gasteiger partial charge in [0.15, 0.2) is 0 Å². The van der Waals surface area contributed by atoms with Crippen LogP contribution in [0.15, 0.2) is 29.2 Å². The van der Waals surface area contributed by atoms with Crippen LogP contribution >= 0.6 is 23.2 Å². The van der Waals surface area contributed by atoms with Crippen LogP contribution in [-0.4, -0.2) is 9.38 Å². The smallest absolute Gasteiger partial charge is 0.267 e. The van der Waals surface area contributed by atoms with Gasteiger partial charge < -0.3 is 0 Å². The van der Waals surface area contributed by atoms with Gasteiger partial charge in [0.25, 0.3) is 5.56 Å². The third kappa shape index (κ3) is 1.38. The SMILES string of the molecule is O=c1c(Cl)c(CCl)nc2ccccn12. The van der Waals surface area contributed by atoms with Gasteiger partial charge in [-0.3, -0.25) is 9.20 Å². The normalized spacial score (nSPS) is 10.7. The minimum atomic E-state index is -0.284. The Hall–Kier alpha value is -1.06. The van der Waals surface area contributed by atoms with Crippen LogP contribution in [0.3, 0.4) is 0 Å². The molecule has 0 aliphatic heterocycles. The molecule has 2 aromatic rings. The highest BCUT2D eigenvalue weighted by Crippen LogP contribution is 2.11. The first-order valence-electron chi connectivity index (χ1n) is 3.96. The highest BCUT2D eigenvalue weighted by atomic mass is 35.5. The van der Waals surface area contributed by atoms with E-state index in [-0.39, 0.29) is 16.5 Å². The molecule has 0 N–H and O–H groups in total. The van der Waals surface area contributed by atoms with E-state index in [2.05, 4.69) is 4.98 Å². The Bertz CT molecular complexity index is 536. The summed E-state index contributed by atoms with van der Waals surface area (Å²) in [5.41, 5.74) is 0.690. The van der Waals surface area contributed by atoms with E-state index in [1.54, 1.807) is 24.4 Å². The van der Waals surface area contributed by atoms with Crippen molar-refractivity contribution in [3.05, 3.63) is 45.5 Å². The monoisotopic (exact) mass is 228 g/mol. The van der Waals surface area contributed by atoms with Gasteiger partial charge in [-0.25, -0.2) is 4.98 Å². The van der Waals surface area contributed by atoms with E-state index in [1.807, 2.05) is 0 Å². The van der Waals surface area contributed by atoms with Gasteiger partial charge in [-0.2, -0.15) is 0 Å². The predicted molar refractivity (Wildman–Crippen MR) is 56.0 cm³/mol. The molecule has 0 fully saturated rings. The summed E-state index contributed by atoms with van der Waals surface area (Å²) in [4.78, 5) is 15.8. The van der Waals surface area contributed by atoms with Crippen molar-refractivity contribution in [3.8, 4) is 0 Å². The molecule has 0 bridgehead atoms. The number of halogens is 2. The number of hydrogen-bond acceptors (Lipinski definition) is 2. The topological polar surface area (TPSA) is 34.4 Å². The summed E-state index contributed by atoms with van der Waals surface area (Å²) in [6.07, 6.45) is 1.62. The van der Waals surface area contributed by atoms with Gasteiger partial charge in [0, 0.05) is 6.20 Å². The first kappa shape index (κ1) is 9.49. The molecule has 0 saturated carbocycles. The van der Waals surface area contributed by atoms with E-state index in [0.717, 1.165) is 0 Å². The third-order valence-corrected chi connectivity index (χ3v) is 2.51. The third-order valence-electron chi connectivity index (χ3n) is 1.87. The standard InChI is InChI=1S/C9H6Cl2N2O/c10-5-6-8(11)9(14)13-4-2-1-3-7(13)12-6/h1-4H,5H2. The molecule has 2 aromatic heterocycles. The Morgan fingerprint density at radius 1 is 1.43 bits per heavy atom. The molecule has 0 aliphatic carbocycles. The van der Waals surface area contributed by atoms with Crippen LogP contribution in [0.1, 0.15) is 5.69 Å². The average molecular weight is 229 g/mol. The van der Waals surface area contributed by atoms with E-state index in [9.17, 15) is 4.79 Å². The molecule has 0 aliphatic rings. The summed E-state index contributed by atoms with van der Waals surface area (Å²) in [5.74, 6) is 0.138. The van der Waals surface area contributed by atoms with Crippen molar-refractivity contribution < 1.29 is 0 Å². The maximum absolute atomic E-state index is 11.6. The Morgan fingerprint density at radius 2 is 2.21 bits per heavy atom. The minimum Gasteiger partial charge on any atom is -0.267 e. The van der Waals surface area contributed by atoms with E-state index in [0.29, 0.717) is 11.3 Å². The highest BCUT2D eigenvalue weighted by Gasteiger charge is 2.08. The molecule has 14 heavy (non-hydrogen) atoms. The first-order valence-corrected chi connectivity index (χ1v) is 4.87. The number of nitrogens with zero attached hydrogens (tertiary/aromatic N) is 2. The fourth-order valence-corrected chi connectivity index (χ4v) is 1.66. The van der Waals surface area contributed by atoms with Crippen molar-refractivity contribution in [1.82, 2.24) is 9.38 Å². The van der Waals surface area contributed by atoms with Crippen molar-refractivity contribution in [2.75, 3.05) is 0 Å². The molecule has 0 saturated heterocycles. The van der Waals surface area contributed by atoms with Gasteiger partial charge in [0.1, 0.15) is 10.7 Å². The van der Waals surface area contributed by atoms with Crippen LogP contribution in [0.5, 0.6) is 0 Å². The molecule has 0 aromatic carbocycles. The maximum atomic E-state index is 11.6. The zero-order valence-electron chi connectivity index (χ0n) is 7.08. The van der Waals surface area contributed by atoms with Gasteiger partial charge in [-0.05, 0) is 12.1 Å². The van der Waals surface area contributed by atoms with Crippen molar-refractivity contribution in [3.63, 3.8) is 0 Å². The van der Waals surface area contributed by atoms with Crippen LogP contribution in [0.2, 0.25) is 5.02 Å². The summed E-state index contributed by atoms with van der Waals surface area (Å²) in [6, 6.07) is 5.27. The Balaban J connectivity index is 2.92. The number of alkyl halides is 1. The number of hydrogen-bond donors (Lipinski definition) is 0. The van der Waals surface area contributed by atoms with Crippen LogP contribution in [0.4, 0.5) is 0 Å². The molecule has 2 rings (SSSR count). The first-order chi connectivity index (χ1) is 6.74. The molecule has 0 spiro atoms. The fraction of sp³-hybridized carbons (Fsp3) is 0.111. The Labute approximate surface area is 89.9 Å². The van der Waals surface area contributed by atoms with E-state index >= 15 is 0 Å². The van der Waals surface area contributed by atoms with Crippen LogP contribution in [-0.2, 0) is 5.88 Å². The maximum Gasteiger partial charge on any atom is 0.276 e. The summed E-state index contributed by atoms with van der Waals surface area (Å²) < 4.78 is 1.39. The lowest BCUT2D eigenvalue weighted by Crippen LogP contribution is -2.17. The van der Waals surface area contributed by atoms with Gasteiger partial charge in [0.05, 0.1) is 11.6 Å². The molecule has 0 atom stereocenters. The lowest BCUT2D eigenvalue weighted by molar-refractivity contribution is 1.01. The highest BCUT2D eigenvalue weighted by molar-refractivity contribution is 6.31. The van der Waals surface area contributed by atoms with Gasteiger partial charge in [-0.15, -0.1) is 11.6 Å². The summed E-state index contributed by atoms with van der Waals surface area (Å²) >= 11 is 11.4. The largest absolute Gasteiger partial charge is 0.276 e. The zero-order valence-corrected chi connectivity index (χ0v) is 8.59. The van der Waals surface area contributed by atoms with E-state index in [1.165, 1.54) is 4.40 Å². The number of rotatable bonds is 1. The van der Waals surface area contributed by atoms with Crippen molar-refractivity contribution in [1.29, 1.82) is 0 Å². The average Bonchev–Trinajstić information content (AvgIpc) is 2.23. The van der Waals surface area contributed by atoms with Crippen LogP contribution in [0.25, 0.3) is 5.65 Å². The molecular formula is C9H6Cl2N2O. The van der Waals surface area contributed by atoms with Crippen molar-refractivity contribution in [2.24, 2.45) is 0 Å². The number of fused-ring (bicyclic) bond motifs is 1. The van der Waals surface area contributed by atoms with Crippen LogP contribution < -0.4 is 5.56 Å². The quantitative estimate of drug-likeness (QED) is 0.701. The minimum absolute atomic E-state index is 0.0868. The predicted octanol–water partition coefficient (Wildman–Crippen LogP) is 2.09. The zero-order chi connectivity index (χ0) is 10.1. The van der Waals surface area contributed by atoms with Gasteiger partial charge in [0.2, 0.25) is 0 Å². The van der Waals surface area contributed by atoms with Gasteiger partial charge >= 0.3 is 0 Å².